The number of hydrogen-bond donors (Lipinski definition) is 1. The van der Waals surface area contributed by atoms with Crippen LogP contribution in [0.1, 0.15) is 25.7 Å². The third kappa shape index (κ3) is 3.03. The lowest BCUT2D eigenvalue weighted by Crippen LogP contribution is -2.45. The average Bonchev–Trinajstić information content (AvgIpc) is 3.11. The molecule has 1 aromatic heterocycles. The Bertz CT molecular complexity index is 665. The lowest BCUT2D eigenvalue weighted by Gasteiger charge is -2.21. The van der Waals surface area contributed by atoms with Crippen molar-refractivity contribution in [1.29, 1.82) is 5.26 Å². The molecule has 0 unspecified atom stereocenters. The molecule has 3 rings (SSSR count). The fraction of sp³-hybridized carbons (Fsp3) is 0.400. The molecular weight excluding hydrogens is 286 g/mol. The molecule has 1 N–H and O–H groups in total. The normalized spacial score (nSPS) is 16.7. The number of amides is 1. The van der Waals surface area contributed by atoms with Crippen LogP contribution in [0.25, 0.3) is 11.1 Å². The second-order valence-electron chi connectivity index (χ2n) is 5.19. The molecule has 1 heterocycles. The highest BCUT2D eigenvalue weighted by molar-refractivity contribution is 7.99. The van der Waals surface area contributed by atoms with E-state index in [-0.39, 0.29) is 11.7 Å². The minimum Gasteiger partial charge on any atom is -0.431 e. The second-order valence-corrected chi connectivity index (χ2v) is 6.11. The van der Waals surface area contributed by atoms with Gasteiger partial charge < -0.3 is 9.73 Å². The SMILES string of the molecule is N#CC1(NC(=O)CSc2nc3ccccc3o2)CCCC1. The summed E-state index contributed by atoms with van der Waals surface area (Å²) < 4.78 is 5.55. The lowest BCUT2D eigenvalue weighted by molar-refractivity contribution is -0.119. The first-order valence-electron chi connectivity index (χ1n) is 6.91. The van der Waals surface area contributed by atoms with Crippen molar-refractivity contribution >= 4 is 28.8 Å². The molecule has 0 bridgehead atoms. The number of para-hydroxylation sites is 2. The minimum absolute atomic E-state index is 0.147. The van der Waals surface area contributed by atoms with E-state index in [0.717, 1.165) is 31.2 Å². The molecule has 1 fully saturated rings. The van der Waals surface area contributed by atoms with E-state index >= 15 is 0 Å². The number of hydrogen-bond acceptors (Lipinski definition) is 5. The van der Waals surface area contributed by atoms with Crippen LogP contribution < -0.4 is 5.32 Å². The molecule has 0 radical (unpaired) electrons. The van der Waals surface area contributed by atoms with Crippen LogP contribution >= 0.6 is 11.8 Å². The van der Waals surface area contributed by atoms with E-state index < -0.39 is 5.54 Å². The molecular formula is C15H15N3O2S. The summed E-state index contributed by atoms with van der Waals surface area (Å²) in [6, 6.07) is 9.73. The molecule has 0 aliphatic heterocycles. The van der Waals surface area contributed by atoms with Crippen molar-refractivity contribution in [3.63, 3.8) is 0 Å². The number of rotatable bonds is 4. The molecule has 6 heteroatoms. The van der Waals surface area contributed by atoms with Gasteiger partial charge in [0.25, 0.3) is 5.22 Å². The number of carbonyl (C=O) groups excluding carboxylic acids is 1. The molecule has 108 valence electrons. The standard InChI is InChI=1S/C15H15N3O2S/c16-10-15(7-3-4-8-15)18-13(19)9-21-14-17-11-5-1-2-6-12(11)20-14/h1-2,5-6H,3-4,7-9H2,(H,18,19). The number of oxazole rings is 1. The van der Waals surface area contributed by atoms with Gasteiger partial charge in [-0.25, -0.2) is 4.98 Å². The number of nitriles is 1. The van der Waals surface area contributed by atoms with Crippen molar-refractivity contribution in [2.24, 2.45) is 0 Å². The van der Waals surface area contributed by atoms with Crippen LogP contribution in [0, 0.1) is 11.3 Å². The summed E-state index contributed by atoms with van der Waals surface area (Å²) in [7, 11) is 0. The summed E-state index contributed by atoms with van der Waals surface area (Å²) in [6.07, 6.45) is 3.46. The zero-order valence-corrected chi connectivity index (χ0v) is 12.3. The zero-order valence-electron chi connectivity index (χ0n) is 11.5. The highest BCUT2D eigenvalue weighted by Crippen LogP contribution is 2.29. The number of thioether (sulfide) groups is 1. The first-order chi connectivity index (χ1) is 10.2. The van der Waals surface area contributed by atoms with Gasteiger partial charge >= 0.3 is 0 Å². The van der Waals surface area contributed by atoms with Crippen molar-refractivity contribution in [3.05, 3.63) is 24.3 Å². The van der Waals surface area contributed by atoms with Gasteiger partial charge in [-0.05, 0) is 37.8 Å². The maximum absolute atomic E-state index is 12.0. The van der Waals surface area contributed by atoms with Gasteiger partial charge in [0.2, 0.25) is 5.91 Å². The molecule has 0 atom stereocenters. The summed E-state index contributed by atoms with van der Waals surface area (Å²) in [4.78, 5) is 16.3. The van der Waals surface area contributed by atoms with Crippen LogP contribution in [0.4, 0.5) is 0 Å². The minimum atomic E-state index is -0.668. The summed E-state index contributed by atoms with van der Waals surface area (Å²) in [5, 5.41) is 12.6. The largest absolute Gasteiger partial charge is 0.431 e. The maximum Gasteiger partial charge on any atom is 0.257 e. The summed E-state index contributed by atoms with van der Waals surface area (Å²) in [5.41, 5.74) is 0.827. The molecule has 5 nitrogen and oxygen atoms in total. The molecule has 1 amide bonds. The third-order valence-electron chi connectivity index (χ3n) is 3.65. The van der Waals surface area contributed by atoms with Gasteiger partial charge in [0.15, 0.2) is 5.58 Å². The summed E-state index contributed by atoms with van der Waals surface area (Å²) in [6.45, 7) is 0. The first-order valence-corrected chi connectivity index (χ1v) is 7.90. The molecule has 21 heavy (non-hydrogen) atoms. The molecule has 0 spiro atoms. The van der Waals surface area contributed by atoms with Crippen LogP contribution in [0.3, 0.4) is 0 Å². The molecule has 2 aromatic rings. The van der Waals surface area contributed by atoms with E-state index in [4.69, 9.17) is 4.42 Å². The number of benzene rings is 1. The Morgan fingerprint density at radius 1 is 1.43 bits per heavy atom. The smallest absolute Gasteiger partial charge is 0.257 e. The Hall–Kier alpha value is -2.00. The molecule has 1 aliphatic rings. The van der Waals surface area contributed by atoms with Gasteiger partial charge in [-0.1, -0.05) is 23.9 Å². The van der Waals surface area contributed by atoms with Crippen LogP contribution in [-0.2, 0) is 4.79 Å². The molecule has 1 aromatic carbocycles. The van der Waals surface area contributed by atoms with Crippen molar-refractivity contribution < 1.29 is 9.21 Å². The van der Waals surface area contributed by atoms with Gasteiger partial charge in [0.1, 0.15) is 11.1 Å². The van der Waals surface area contributed by atoms with Crippen LogP contribution in [0.2, 0.25) is 0 Å². The van der Waals surface area contributed by atoms with Gasteiger partial charge in [0, 0.05) is 0 Å². The van der Waals surface area contributed by atoms with E-state index in [1.165, 1.54) is 11.8 Å². The lowest BCUT2D eigenvalue weighted by atomic mass is 10.0. The average molecular weight is 301 g/mol. The quantitative estimate of drug-likeness (QED) is 0.878. The van der Waals surface area contributed by atoms with E-state index in [2.05, 4.69) is 16.4 Å². The van der Waals surface area contributed by atoms with Crippen molar-refractivity contribution in [2.75, 3.05) is 5.75 Å². The van der Waals surface area contributed by atoms with Gasteiger partial charge in [-0.3, -0.25) is 4.79 Å². The predicted octanol–water partition coefficient (Wildman–Crippen LogP) is 2.87. The Balaban J connectivity index is 1.59. The van der Waals surface area contributed by atoms with Crippen LogP contribution in [-0.4, -0.2) is 22.2 Å². The van der Waals surface area contributed by atoms with Crippen molar-refractivity contribution in [1.82, 2.24) is 10.3 Å². The van der Waals surface area contributed by atoms with E-state index in [1.807, 2.05) is 24.3 Å². The number of nitrogens with zero attached hydrogens (tertiary/aromatic N) is 2. The topological polar surface area (TPSA) is 78.9 Å². The number of aromatic nitrogens is 1. The Labute approximate surface area is 126 Å². The monoisotopic (exact) mass is 301 g/mol. The molecule has 0 saturated heterocycles. The maximum atomic E-state index is 12.0. The number of fused-ring (bicyclic) bond motifs is 1. The first kappa shape index (κ1) is 14.0. The third-order valence-corrected chi connectivity index (χ3v) is 4.48. The van der Waals surface area contributed by atoms with Crippen LogP contribution in [0.15, 0.2) is 33.9 Å². The molecule has 1 saturated carbocycles. The van der Waals surface area contributed by atoms with E-state index in [9.17, 15) is 10.1 Å². The Morgan fingerprint density at radius 3 is 2.90 bits per heavy atom. The summed E-state index contributed by atoms with van der Waals surface area (Å²) >= 11 is 1.25. The predicted molar refractivity (Wildman–Crippen MR) is 79.7 cm³/mol. The van der Waals surface area contributed by atoms with Crippen molar-refractivity contribution in [2.45, 2.75) is 36.4 Å². The Morgan fingerprint density at radius 2 is 2.19 bits per heavy atom. The van der Waals surface area contributed by atoms with Gasteiger partial charge in [-0.2, -0.15) is 5.26 Å². The summed E-state index contributed by atoms with van der Waals surface area (Å²) in [5.74, 6) is 0.0571. The number of carbonyl (C=O) groups is 1. The Kier molecular flexibility index (Phi) is 3.84. The fourth-order valence-electron chi connectivity index (χ4n) is 2.59. The van der Waals surface area contributed by atoms with Gasteiger partial charge in [0.05, 0.1) is 11.8 Å². The van der Waals surface area contributed by atoms with E-state index in [1.54, 1.807) is 0 Å². The highest BCUT2D eigenvalue weighted by atomic mass is 32.2. The fourth-order valence-corrected chi connectivity index (χ4v) is 3.22. The molecule has 1 aliphatic carbocycles. The van der Waals surface area contributed by atoms with Crippen molar-refractivity contribution in [3.8, 4) is 6.07 Å². The van der Waals surface area contributed by atoms with Gasteiger partial charge in [-0.15, -0.1) is 0 Å². The zero-order chi connectivity index (χ0) is 14.7. The van der Waals surface area contributed by atoms with E-state index in [0.29, 0.717) is 10.8 Å². The van der Waals surface area contributed by atoms with Crippen LogP contribution in [0.5, 0.6) is 0 Å². The second kappa shape index (κ2) is 5.78. The number of nitrogens with one attached hydrogen (secondary N) is 1. The highest BCUT2D eigenvalue weighted by Gasteiger charge is 2.35.